The molecule has 2 saturated heterocycles. The van der Waals surface area contributed by atoms with Gasteiger partial charge in [-0.25, -0.2) is 0 Å². The summed E-state index contributed by atoms with van der Waals surface area (Å²) in [5.74, 6) is 0.401. The largest absolute Gasteiger partial charge is 0.381 e. The Morgan fingerprint density at radius 2 is 1.85 bits per heavy atom. The van der Waals surface area contributed by atoms with Crippen molar-refractivity contribution in [3.05, 3.63) is 66.0 Å². The van der Waals surface area contributed by atoms with Crippen molar-refractivity contribution in [2.45, 2.75) is 38.4 Å². The fourth-order valence-electron chi connectivity index (χ4n) is 4.42. The van der Waals surface area contributed by atoms with E-state index in [1.54, 1.807) is 11.1 Å². The highest BCUT2D eigenvalue weighted by Gasteiger charge is 2.32. The zero-order valence-corrected chi connectivity index (χ0v) is 19.1. The van der Waals surface area contributed by atoms with Gasteiger partial charge >= 0.3 is 0 Å². The number of nitrogens with zero attached hydrogens (tertiary/aromatic N) is 3. The van der Waals surface area contributed by atoms with Crippen LogP contribution in [-0.4, -0.2) is 72.1 Å². The topological polar surface area (TPSA) is 72.0 Å². The second kappa shape index (κ2) is 11.9. The van der Waals surface area contributed by atoms with Crippen LogP contribution in [-0.2, 0) is 32.1 Å². The Bertz CT molecular complexity index is 887. The molecule has 1 aromatic carbocycles. The molecule has 2 aliphatic heterocycles. The van der Waals surface area contributed by atoms with E-state index in [1.165, 1.54) is 0 Å². The van der Waals surface area contributed by atoms with Crippen molar-refractivity contribution < 1.29 is 19.1 Å². The zero-order valence-electron chi connectivity index (χ0n) is 19.1. The summed E-state index contributed by atoms with van der Waals surface area (Å²) in [6, 6.07) is 15.7. The van der Waals surface area contributed by atoms with E-state index in [4.69, 9.17) is 9.47 Å². The van der Waals surface area contributed by atoms with Crippen LogP contribution in [0.15, 0.2) is 54.7 Å². The molecular formula is C26H33N3O4. The minimum atomic E-state index is -0.227. The molecule has 0 bridgehead atoms. The maximum absolute atomic E-state index is 13.1. The van der Waals surface area contributed by atoms with Gasteiger partial charge in [0.1, 0.15) is 0 Å². The normalized spacial score (nSPS) is 20.0. The predicted molar refractivity (Wildman–Crippen MR) is 124 cm³/mol. The number of ether oxygens (including phenoxy) is 2. The lowest BCUT2D eigenvalue weighted by Crippen LogP contribution is -2.42. The van der Waals surface area contributed by atoms with Crippen molar-refractivity contribution in [1.82, 2.24) is 14.8 Å². The Balaban J connectivity index is 1.41. The van der Waals surface area contributed by atoms with Crippen molar-refractivity contribution in [3.63, 3.8) is 0 Å². The molecular weight excluding hydrogens is 418 g/mol. The number of amides is 2. The maximum atomic E-state index is 13.1. The first-order valence-corrected chi connectivity index (χ1v) is 11.9. The average Bonchev–Trinajstić information content (AvgIpc) is 3.02. The summed E-state index contributed by atoms with van der Waals surface area (Å²) in [7, 11) is 0. The highest BCUT2D eigenvalue weighted by atomic mass is 16.5. The fraction of sp³-hybridized carbons (Fsp3) is 0.500. The van der Waals surface area contributed by atoms with Crippen molar-refractivity contribution in [3.8, 4) is 0 Å². The number of rotatable bonds is 8. The summed E-state index contributed by atoms with van der Waals surface area (Å²) in [6.45, 7) is 3.69. The molecule has 7 heteroatoms. The summed E-state index contributed by atoms with van der Waals surface area (Å²) < 4.78 is 11.7. The molecule has 0 radical (unpaired) electrons. The quantitative estimate of drug-likeness (QED) is 0.617. The van der Waals surface area contributed by atoms with E-state index < -0.39 is 0 Å². The Labute approximate surface area is 195 Å². The van der Waals surface area contributed by atoms with Crippen molar-refractivity contribution in [1.29, 1.82) is 0 Å². The van der Waals surface area contributed by atoms with Crippen LogP contribution < -0.4 is 0 Å². The molecule has 2 aliphatic rings. The summed E-state index contributed by atoms with van der Waals surface area (Å²) in [5, 5.41) is 0. The van der Waals surface area contributed by atoms with Crippen LogP contribution in [0.2, 0.25) is 0 Å². The first kappa shape index (κ1) is 23.4. The maximum Gasteiger partial charge on any atom is 0.242 e. The van der Waals surface area contributed by atoms with E-state index >= 15 is 0 Å². The smallest absolute Gasteiger partial charge is 0.242 e. The van der Waals surface area contributed by atoms with E-state index in [9.17, 15) is 9.59 Å². The average molecular weight is 452 g/mol. The Morgan fingerprint density at radius 1 is 1.06 bits per heavy atom. The predicted octanol–water partition coefficient (Wildman–Crippen LogP) is 2.70. The number of hydrogen-bond donors (Lipinski definition) is 0. The zero-order chi connectivity index (χ0) is 22.9. The molecule has 2 aromatic rings. The monoisotopic (exact) mass is 451 g/mol. The molecule has 1 atom stereocenters. The lowest BCUT2D eigenvalue weighted by Gasteiger charge is -2.30. The van der Waals surface area contributed by atoms with Gasteiger partial charge in [0.15, 0.2) is 0 Å². The van der Waals surface area contributed by atoms with Gasteiger partial charge in [-0.3, -0.25) is 14.6 Å². The van der Waals surface area contributed by atoms with Gasteiger partial charge in [0.05, 0.1) is 19.3 Å². The van der Waals surface area contributed by atoms with Crippen LogP contribution in [0.1, 0.15) is 30.5 Å². The Hall–Kier alpha value is -2.77. The van der Waals surface area contributed by atoms with Crippen molar-refractivity contribution in [2.24, 2.45) is 5.92 Å². The van der Waals surface area contributed by atoms with Crippen LogP contribution in [0.4, 0.5) is 0 Å². The number of carbonyl (C=O) groups excluding carboxylic acids is 2. The number of aromatic nitrogens is 1. The highest BCUT2D eigenvalue weighted by molar-refractivity contribution is 5.85. The van der Waals surface area contributed by atoms with Crippen LogP contribution in [0.25, 0.3) is 0 Å². The van der Waals surface area contributed by atoms with E-state index in [-0.39, 0.29) is 24.5 Å². The third-order valence-corrected chi connectivity index (χ3v) is 6.35. The lowest BCUT2D eigenvalue weighted by molar-refractivity contribution is -0.139. The number of hydrogen-bond acceptors (Lipinski definition) is 5. The van der Waals surface area contributed by atoms with E-state index in [1.807, 2.05) is 53.4 Å². The Kier molecular flexibility index (Phi) is 8.44. The first-order chi connectivity index (χ1) is 16.2. The van der Waals surface area contributed by atoms with Gasteiger partial charge in [0.25, 0.3) is 0 Å². The Morgan fingerprint density at radius 3 is 2.61 bits per heavy atom. The van der Waals surface area contributed by atoms with Gasteiger partial charge in [-0.2, -0.15) is 0 Å². The molecule has 2 amide bonds. The summed E-state index contributed by atoms with van der Waals surface area (Å²) >= 11 is 0. The van der Waals surface area contributed by atoms with Gasteiger partial charge in [0, 0.05) is 51.2 Å². The van der Waals surface area contributed by atoms with Crippen LogP contribution in [0.5, 0.6) is 0 Å². The summed E-state index contributed by atoms with van der Waals surface area (Å²) in [4.78, 5) is 34.0. The molecule has 0 unspecified atom stereocenters. The van der Waals surface area contributed by atoms with Gasteiger partial charge in [-0.05, 0) is 42.9 Å². The molecule has 7 nitrogen and oxygen atoms in total. The van der Waals surface area contributed by atoms with E-state index in [2.05, 4.69) is 4.98 Å². The molecule has 0 N–H and O–H groups in total. The van der Waals surface area contributed by atoms with Crippen LogP contribution >= 0.6 is 0 Å². The highest BCUT2D eigenvalue weighted by Crippen LogP contribution is 2.19. The molecule has 176 valence electrons. The van der Waals surface area contributed by atoms with Crippen LogP contribution in [0.3, 0.4) is 0 Å². The van der Waals surface area contributed by atoms with Gasteiger partial charge in [-0.15, -0.1) is 0 Å². The van der Waals surface area contributed by atoms with Crippen LogP contribution in [0, 0.1) is 5.92 Å². The third kappa shape index (κ3) is 7.11. The van der Waals surface area contributed by atoms with Gasteiger partial charge < -0.3 is 19.3 Å². The summed E-state index contributed by atoms with van der Waals surface area (Å²) in [5.41, 5.74) is 1.96. The second-order valence-electron chi connectivity index (χ2n) is 8.87. The first-order valence-electron chi connectivity index (χ1n) is 11.9. The minimum Gasteiger partial charge on any atom is -0.381 e. The fourth-order valence-corrected chi connectivity index (χ4v) is 4.42. The molecule has 0 aliphatic carbocycles. The molecule has 3 heterocycles. The van der Waals surface area contributed by atoms with E-state index in [0.717, 1.165) is 37.3 Å². The number of pyridine rings is 1. The van der Waals surface area contributed by atoms with Gasteiger partial charge in [-0.1, -0.05) is 36.4 Å². The molecule has 0 spiro atoms. The number of aryl methyl sites for hydroxylation is 1. The lowest BCUT2D eigenvalue weighted by atomic mass is 9.99. The number of benzene rings is 1. The molecule has 1 aromatic heterocycles. The number of carbonyl (C=O) groups is 2. The summed E-state index contributed by atoms with van der Waals surface area (Å²) in [6.07, 6.45) is 4.33. The molecule has 0 saturated carbocycles. The van der Waals surface area contributed by atoms with Crippen molar-refractivity contribution >= 4 is 11.8 Å². The molecule has 4 rings (SSSR count). The third-order valence-electron chi connectivity index (χ3n) is 6.35. The van der Waals surface area contributed by atoms with Gasteiger partial charge in [0.2, 0.25) is 11.8 Å². The second-order valence-corrected chi connectivity index (χ2v) is 8.87. The molecule has 2 fully saturated rings. The standard InChI is InChI=1S/C26H33N3O4/c30-25(10-9-23-8-4-5-13-27-23)29-18-24(33-20-22-6-2-1-3-7-22)17-28(26(31)19-29)16-21-11-14-32-15-12-21/h1-8,13,21,24H,9-12,14-20H2/t24-/m0/s1. The van der Waals surface area contributed by atoms with Crippen molar-refractivity contribution in [2.75, 3.05) is 39.4 Å². The minimum absolute atomic E-state index is 0.00140. The SMILES string of the molecule is O=C(CCc1ccccn1)N1CC(=O)N(CC2CCOCC2)C[C@H](OCc2ccccc2)C1. The van der Waals surface area contributed by atoms with E-state index in [0.29, 0.717) is 45.0 Å². The molecule has 33 heavy (non-hydrogen) atoms.